The molecule has 0 bridgehead atoms. The molecule has 1 heterocycles. The van der Waals surface area contributed by atoms with Gasteiger partial charge in [-0.25, -0.2) is 12.8 Å². The molecule has 0 N–H and O–H groups in total. The molecular formula is C13H17BrFNO2S. The Morgan fingerprint density at radius 1 is 1.32 bits per heavy atom. The SMILES string of the molecule is O=S(=O)(c1cccc(F)c1)N1CCCCCC1CBr. The van der Waals surface area contributed by atoms with Crippen molar-refractivity contribution in [2.45, 2.75) is 36.6 Å². The number of nitrogens with zero attached hydrogens (tertiary/aromatic N) is 1. The van der Waals surface area contributed by atoms with Gasteiger partial charge in [0, 0.05) is 17.9 Å². The molecule has 1 aromatic carbocycles. The smallest absolute Gasteiger partial charge is 0.207 e. The van der Waals surface area contributed by atoms with E-state index in [9.17, 15) is 12.8 Å². The zero-order valence-electron chi connectivity index (χ0n) is 10.6. The molecule has 2 rings (SSSR count). The van der Waals surface area contributed by atoms with Crippen LogP contribution in [0.4, 0.5) is 4.39 Å². The van der Waals surface area contributed by atoms with Crippen LogP contribution in [-0.4, -0.2) is 30.6 Å². The summed E-state index contributed by atoms with van der Waals surface area (Å²) >= 11 is 3.39. The van der Waals surface area contributed by atoms with Gasteiger partial charge < -0.3 is 0 Å². The second-order valence-electron chi connectivity index (χ2n) is 4.73. The lowest BCUT2D eigenvalue weighted by Crippen LogP contribution is -2.40. The van der Waals surface area contributed by atoms with Gasteiger partial charge in [-0.15, -0.1) is 0 Å². The third-order valence-corrected chi connectivity index (χ3v) is 6.10. The van der Waals surface area contributed by atoms with Gasteiger partial charge in [0.2, 0.25) is 10.0 Å². The molecule has 0 aromatic heterocycles. The number of rotatable bonds is 3. The zero-order valence-corrected chi connectivity index (χ0v) is 13.0. The van der Waals surface area contributed by atoms with Gasteiger partial charge in [-0.1, -0.05) is 34.8 Å². The minimum absolute atomic E-state index is 0.0420. The normalized spacial score (nSPS) is 22.1. The van der Waals surface area contributed by atoms with E-state index in [4.69, 9.17) is 0 Å². The first-order valence-corrected chi connectivity index (χ1v) is 8.95. The van der Waals surface area contributed by atoms with Crippen molar-refractivity contribution in [2.75, 3.05) is 11.9 Å². The van der Waals surface area contributed by atoms with Crippen molar-refractivity contribution in [3.63, 3.8) is 0 Å². The summed E-state index contributed by atoms with van der Waals surface area (Å²) in [5.41, 5.74) is 0. The molecule has 1 aliphatic heterocycles. The van der Waals surface area contributed by atoms with Gasteiger partial charge in [-0.2, -0.15) is 4.31 Å². The summed E-state index contributed by atoms with van der Waals surface area (Å²) < 4.78 is 39.9. The van der Waals surface area contributed by atoms with E-state index in [2.05, 4.69) is 15.9 Å². The largest absolute Gasteiger partial charge is 0.243 e. The lowest BCUT2D eigenvalue weighted by molar-refractivity contribution is 0.347. The minimum atomic E-state index is -3.61. The van der Waals surface area contributed by atoms with Gasteiger partial charge in [0.25, 0.3) is 0 Å². The Balaban J connectivity index is 2.36. The van der Waals surface area contributed by atoms with Crippen LogP contribution in [0, 0.1) is 5.82 Å². The highest BCUT2D eigenvalue weighted by molar-refractivity contribution is 9.09. The van der Waals surface area contributed by atoms with Crippen LogP contribution in [-0.2, 0) is 10.0 Å². The fraction of sp³-hybridized carbons (Fsp3) is 0.538. The monoisotopic (exact) mass is 349 g/mol. The Labute approximate surface area is 122 Å². The average molecular weight is 350 g/mol. The number of hydrogen-bond acceptors (Lipinski definition) is 2. The molecule has 1 saturated heterocycles. The summed E-state index contributed by atoms with van der Waals surface area (Å²) in [6.07, 6.45) is 3.78. The summed E-state index contributed by atoms with van der Waals surface area (Å²) in [5.74, 6) is -0.522. The molecule has 6 heteroatoms. The van der Waals surface area contributed by atoms with Crippen LogP contribution >= 0.6 is 15.9 Å². The summed E-state index contributed by atoms with van der Waals surface area (Å²) in [4.78, 5) is 0.0420. The Bertz CT molecular complexity index is 535. The van der Waals surface area contributed by atoms with Crippen LogP contribution in [0.3, 0.4) is 0 Å². The predicted molar refractivity (Wildman–Crippen MR) is 76.3 cm³/mol. The second kappa shape index (κ2) is 6.33. The summed E-state index contributed by atoms with van der Waals surface area (Å²) in [5, 5.41) is 0.613. The van der Waals surface area contributed by atoms with Crippen molar-refractivity contribution >= 4 is 26.0 Å². The summed E-state index contributed by atoms with van der Waals surface area (Å²) in [6, 6.07) is 5.18. The molecule has 0 spiro atoms. The van der Waals surface area contributed by atoms with Gasteiger partial charge in [-0.3, -0.25) is 0 Å². The van der Waals surface area contributed by atoms with Crippen molar-refractivity contribution in [1.29, 1.82) is 0 Å². The van der Waals surface area contributed by atoms with Gasteiger partial charge in [0.05, 0.1) is 4.90 Å². The zero-order chi connectivity index (χ0) is 13.9. The summed E-state index contributed by atoms with van der Waals surface area (Å²) in [7, 11) is -3.61. The standard InChI is InChI=1S/C13H17BrFNO2S/c14-10-12-6-2-1-3-8-16(12)19(17,18)13-7-4-5-11(15)9-13/h4-5,7,9,12H,1-3,6,8,10H2. The predicted octanol–water partition coefficient (Wildman–Crippen LogP) is 3.15. The third kappa shape index (κ3) is 3.35. The van der Waals surface area contributed by atoms with Crippen molar-refractivity contribution in [3.8, 4) is 0 Å². The molecular weight excluding hydrogens is 333 g/mol. The van der Waals surface area contributed by atoms with Crippen LogP contribution < -0.4 is 0 Å². The lowest BCUT2D eigenvalue weighted by atomic mass is 10.1. The van der Waals surface area contributed by atoms with Gasteiger partial charge >= 0.3 is 0 Å². The lowest BCUT2D eigenvalue weighted by Gasteiger charge is -2.27. The maximum Gasteiger partial charge on any atom is 0.243 e. The minimum Gasteiger partial charge on any atom is -0.207 e. The van der Waals surface area contributed by atoms with Gasteiger partial charge in [0.1, 0.15) is 5.82 Å². The Morgan fingerprint density at radius 3 is 2.79 bits per heavy atom. The van der Waals surface area contributed by atoms with Crippen LogP contribution in [0.15, 0.2) is 29.2 Å². The fourth-order valence-corrected chi connectivity index (χ4v) is 4.97. The van der Waals surface area contributed by atoms with Gasteiger partial charge in [0.15, 0.2) is 0 Å². The highest BCUT2D eigenvalue weighted by atomic mass is 79.9. The first kappa shape index (κ1) is 14.9. The topological polar surface area (TPSA) is 37.4 Å². The number of halogens is 2. The molecule has 0 radical (unpaired) electrons. The Morgan fingerprint density at radius 2 is 2.11 bits per heavy atom. The van der Waals surface area contributed by atoms with E-state index in [0.717, 1.165) is 31.7 Å². The van der Waals surface area contributed by atoms with E-state index in [1.807, 2.05) is 0 Å². The molecule has 106 valence electrons. The quantitative estimate of drug-likeness (QED) is 0.786. The fourth-order valence-electron chi connectivity index (χ4n) is 2.38. The van der Waals surface area contributed by atoms with Crippen molar-refractivity contribution < 1.29 is 12.8 Å². The highest BCUT2D eigenvalue weighted by Gasteiger charge is 2.31. The third-order valence-electron chi connectivity index (χ3n) is 3.40. The summed E-state index contributed by atoms with van der Waals surface area (Å²) in [6.45, 7) is 0.509. The molecule has 3 nitrogen and oxygen atoms in total. The van der Waals surface area contributed by atoms with Crippen LogP contribution in [0.2, 0.25) is 0 Å². The van der Waals surface area contributed by atoms with Crippen LogP contribution in [0.1, 0.15) is 25.7 Å². The van der Waals surface area contributed by atoms with E-state index in [1.165, 1.54) is 22.5 Å². The first-order valence-electron chi connectivity index (χ1n) is 6.39. The average Bonchev–Trinajstić information content (AvgIpc) is 2.64. The molecule has 0 aliphatic carbocycles. The molecule has 1 fully saturated rings. The Hall–Kier alpha value is -0.460. The van der Waals surface area contributed by atoms with E-state index in [1.54, 1.807) is 0 Å². The van der Waals surface area contributed by atoms with Crippen LogP contribution in [0.5, 0.6) is 0 Å². The van der Waals surface area contributed by atoms with E-state index in [0.29, 0.717) is 11.9 Å². The molecule has 1 atom stereocenters. The maximum absolute atomic E-state index is 13.2. The van der Waals surface area contributed by atoms with Gasteiger partial charge in [-0.05, 0) is 31.0 Å². The first-order chi connectivity index (χ1) is 9.05. The molecule has 1 unspecified atom stereocenters. The molecule has 0 saturated carbocycles. The van der Waals surface area contributed by atoms with Crippen LogP contribution in [0.25, 0.3) is 0 Å². The number of benzene rings is 1. The van der Waals surface area contributed by atoms with Crippen molar-refractivity contribution in [3.05, 3.63) is 30.1 Å². The number of alkyl halides is 1. The van der Waals surface area contributed by atoms with Crippen molar-refractivity contribution in [1.82, 2.24) is 4.31 Å². The van der Waals surface area contributed by atoms with E-state index < -0.39 is 15.8 Å². The molecule has 1 aromatic rings. The van der Waals surface area contributed by atoms with E-state index >= 15 is 0 Å². The molecule has 19 heavy (non-hydrogen) atoms. The Kier molecular flexibility index (Phi) is 4.97. The molecule has 1 aliphatic rings. The molecule has 0 amide bonds. The van der Waals surface area contributed by atoms with Crippen molar-refractivity contribution in [2.24, 2.45) is 0 Å². The second-order valence-corrected chi connectivity index (χ2v) is 7.27. The highest BCUT2D eigenvalue weighted by Crippen LogP contribution is 2.26. The maximum atomic E-state index is 13.2. The van der Waals surface area contributed by atoms with E-state index in [-0.39, 0.29) is 10.9 Å². The number of sulfonamides is 1. The number of hydrogen-bond donors (Lipinski definition) is 0.